The van der Waals surface area contributed by atoms with Crippen molar-refractivity contribution in [1.82, 2.24) is 0 Å². The molecule has 8 aromatic rings. The summed E-state index contributed by atoms with van der Waals surface area (Å²) in [6.45, 7) is 3.70. The van der Waals surface area contributed by atoms with Gasteiger partial charge in [-0.3, -0.25) is 0 Å². The minimum Gasteiger partial charge on any atom is -0.194 e. The Balaban J connectivity index is 1.31. The predicted octanol–water partition coefficient (Wildman–Crippen LogP) is 16.6. The fourth-order valence-corrected chi connectivity index (χ4v) is 14.5. The lowest BCUT2D eigenvalue weighted by atomic mass is 9.94. The van der Waals surface area contributed by atoms with Gasteiger partial charge in [0.25, 0.3) is 0 Å². The molecule has 14 heteroatoms. The summed E-state index contributed by atoms with van der Waals surface area (Å²) in [6.07, 6.45) is 0. The van der Waals surface area contributed by atoms with Crippen LogP contribution in [0.25, 0.3) is 69.7 Å². The maximum absolute atomic E-state index is 16.6. The third-order valence-electron chi connectivity index (χ3n) is 8.82. The summed E-state index contributed by atoms with van der Waals surface area (Å²) in [4.78, 5) is 9.85. The van der Waals surface area contributed by atoms with E-state index < -0.39 is 28.9 Å². The van der Waals surface area contributed by atoms with Crippen molar-refractivity contribution in [1.29, 1.82) is 0 Å². The molecule has 8 heterocycles. The number of thiophene rings is 8. The van der Waals surface area contributed by atoms with Crippen molar-refractivity contribution >= 4 is 102 Å². The van der Waals surface area contributed by atoms with Gasteiger partial charge in [0.05, 0.1) is 9.75 Å². The number of halogens is 6. The Hall–Kier alpha value is -3.08. The molecule has 0 bridgehead atoms. The van der Waals surface area contributed by atoms with Crippen molar-refractivity contribution in [2.45, 2.75) is 31.6 Å². The Labute approximate surface area is 332 Å². The molecule has 0 saturated carbocycles. The van der Waals surface area contributed by atoms with Crippen LogP contribution in [0.15, 0.2) is 95.7 Å². The first-order chi connectivity index (χ1) is 25.3. The van der Waals surface area contributed by atoms with Crippen LogP contribution in [0.3, 0.4) is 0 Å². The highest BCUT2D eigenvalue weighted by Crippen LogP contribution is 2.68. The molecule has 8 aromatic heterocycles. The molecule has 0 nitrogen and oxygen atoms in total. The van der Waals surface area contributed by atoms with E-state index in [9.17, 15) is 0 Å². The molecule has 0 N–H and O–H groups in total. The van der Waals surface area contributed by atoms with Gasteiger partial charge in [0.15, 0.2) is 0 Å². The van der Waals surface area contributed by atoms with Crippen molar-refractivity contribution in [2.24, 2.45) is 0 Å². The van der Waals surface area contributed by atoms with Crippen LogP contribution in [0.1, 0.15) is 20.9 Å². The van der Waals surface area contributed by atoms with Gasteiger partial charge >= 0.3 is 17.8 Å². The quantitative estimate of drug-likeness (QED) is 0.134. The highest BCUT2D eigenvalue weighted by molar-refractivity contribution is 7.29. The summed E-state index contributed by atoms with van der Waals surface area (Å²) in [5, 5.41) is 3.91. The van der Waals surface area contributed by atoms with E-state index in [2.05, 4.69) is 0 Å². The Morgan fingerprint density at radius 2 is 0.774 bits per heavy atom. The van der Waals surface area contributed by atoms with Crippen LogP contribution in [-0.2, 0) is 0 Å². The Kier molecular flexibility index (Phi) is 8.74. The molecule has 0 aliphatic heterocycles. The highest BCUT2D eigenvalue weighted by Gasteiger charge is 2.80. The first-order valence-electron chi connectivity index (χ1n) is 15.9. The fourth-order valence-electron chi connectivity index (χ4n) is 6.35. The monoisotopic (exact) mass is 860 g/mol. The van der Waals surface area contributed by atoms with Crippen molar-refractivity contribution in [3.63, 3.8) is 0 Å². The minimum absolute atomic E-state index is 0.257. The number of rotatable bonds is 8. The van der Waals surface area contributed by atoms with Gasteiger partial charge in [-0.25, -0.2) is 0 Å². The van der Waals surface area contributed by atoms with E-state index in [0.29, 0.717) is 19.5 Å². The van der Waals surface area contributed by atoms with Crippen molar-refractivity contribution in [2.75, 3.05) is 0 Å². The van der Waals surface area contributed by atoms with Crippen LogP contribution in [0.5, 0.6) is 0 Å². The maximum atomic E-state index is 16.6. The topological polar surface area (TPSA) is 0 Å². The van der Waals surface area contributed by atoms with E-state index in [4.69, 9.17) is 0 Å². The Morgan fingerprint density at radius 1 is 0.396 bits per heavy atom. The zero-order valence-electron chi connectivity index (χ0n) is 27.3. The average Bonchev–Trinajstić information content (AvgIpc) is 3.96. The van der Waals surface area contributed by atoms with Gasteiger partial charge in [-0.15, -0.1) is 90.7 Å². The average molecular weight is 861 g/mol. The predicted molar refractivity (Wildman–Crippen MR) is 220 cm³/mol. The number of hydrogen-bond donors (Lipinski definition) is 0. The van der Waals surface area contributed by atoms with Crippen molar-refractivity contribution < 1.29 is 26.3 Å². The highest BCUT2D eigenvalue weighted by atomic mass is 32.1. The van der Waals surface area contributed by atoms with E-state index >= 15 is 26.3 Å². The van der Waals surface area contributed by atoms with Crippen LogP contribution in [0.4, 0.5) is 26.3 Å². The van der Waals surface area contributed by atoms with Gasteiger partial charge in [-0.1, -0.05) is 12.1 Å². The molecule has 0 amide bonds. The molecule has 1 aliphatic carbocycles. The molecule has 53 heavy (non-hydrogen) atoms. The van der Waals surface area contributed by atoms with Crippen molar-refractivity contribution in [3.05, 3.63) is 117 Å². The summed E-state index contributed by atoms with van der Waals surface area (Å²) in [5.74, 6) is -16.1. The van der Waals surface area contributed by atoms with Gasteiger partial charge in [-0.2, -0.15) is 26.3 Å². The molecule has 0 unspecified atom stereocenters. The molecule has 1 aliphatic rings. The third kappa shape index (κ3) is 5.74. The number of aryl methyl sites for hydroxylation is 2. The van der Waals surface area contributed by atoms with E-state index in [-0.39, 0.29) is 20.9 Å². The zero-order chi connectivity index (χ0) is 36.9. The molecule has 0 saturated heterocycles. The summed E-state index contributed by atoms with van der Waals surface area (Å²) >= 11 is 10.9. The van der Waals surface area contributed by atoms with Crippen molar-refractivity contribution in [3.8, 4) is 58.5 Å². The van der Waals surface area contributed by atoms with E-state index in [0.717, 1.165) is 61.7 Å². The van der Waals surface area contributed by atoms with Crippen LogP contribution < -0.4 is 0 Å². The number of alkyl halides is 6. The SMILES string of the molecule is Cc1ccc(-c2sc(-c3ccc(-c4cccs4)s3)cc2C2=C(c3cc(-c4ccc(-c5cccs5)s4)sc3-c3ccc(C)s3)C(F)(F)C(F)(F)C2(F)F)s1. The van der Waals surface area contributed by atoms with Crippen LogP contribution in [0.2, 0.25) is 0 Å². The van der Waals surface area contributed by atoms with Gasteiger partial charge < -0.3 is 0 Å². The Morgan fingerprint density at radius 3 is 1.11 bits per heavy atom. The number of hydrogen-bond acceptors (Lipinski definition) is 8. The van der Waals surface area contributed by atoms with Gasteiger partial charge in [-0.05, 0) is 97.4 Å². The first-order valence-corrected chi connectivity index (χ1v) is 22.6. The number of allylic oxidation sites excluding steroid dienone is 2. The summed E-state index contributed by atoms with van der Waals surface area (Å²) in [5.41, 5.74) is -3.25. The maximum Gasteiger partial charge on any atom is 0.380 e. The van der Waals surface area contributed by atoms with E-state index in [1.807, 2.05) is 85.3 Å². The molecule has 9 rings (SSSR count). The first kappa shape index (κ1) is 35.6. The summed E-state index contributed by atoms with van der Waals surface area (Å²) in [6, 6.07) is 25.3. The fraction of sp³-hybridized carbons (Fsp3) is 0.128. The molecule has 268 valence electrons. The molecular weight excluding hydrogens is 839 g/mol. The second-order valence-corrected chi connectivity index (χ2v) is 21.0. The zero-order valence-corrected chi connectivity index (χ0v) is 33.8. The minimum atomic E-state index is -5.69. The smallest absolute Gasteiger partial charge is 0.194 e. The molecule has 0 radical (unpaired) electrons. The molecule has 0 aromatic carbocycles. The van der Waals surface area contributed by atoms with Gasteiger partial charge in [0, 0.05) is 80.8 Å². The van der Waals surface area contributed by atoms with Gasteiger partial charge in [0.2, 0.25) is 0 Å². The lowest BCUT2D eigenvalue weighted by molar-refractivity contribution is -0.254. The molecule has 0 atom stereocenters. The third-order valence-corrected chi connectivity index (χ3v) is 18.1. The summed E-state index contributed by atoms with van der Waals surface area (Å²) < 4.78 is 98.1. The second-order valence-electron chi connectivity index (χ2n) is 12.3. The largest absolute Gasteiger partial charge is 0.380 e. The van der Waals surface area contributed by atoms with E-state index in [1.54, 1.807) is 34.8 Å². The normalized spacial score (nSPS) is 16.3. The van der Waals surface area contributed by atoms with Gasteiger partial charge in [0.1, 0.15) is 0 Å². The molecule has 0 spiro atoms. The summed E-state index contributed by atoms with van der Waals surface area (Å²) in [7, 11) is 0. The lowest BCUT2D eigenvalue weighted by Gasteiger charge is -2.25. The lowest BCUT2D eigenvalue weighted by Crippen LogP contribution is -2.48. The standard InChI is InChI=1S/C39H22F6S8/c1-19-7-9-29(48-19)35-21(17-31(52-35)27-13-11-25(50-27)23-5-3-15-46-23)33-34(38(42,43)39(44,45)37(33,40)41)22-18-32(53-36(22)30-10-8-20(2)49-30)28-14-12-26(51-28)24-6-4-16-47-24/h3-18H,1-2H3. The second kappa shape index (κ2) is 13.0. The van der Waals surface area contributed by atoms with E-state index in [1.165, 1.54) is 57.5 Å². The van der Waals surface area contributed by atoms with Crippen LogP contribution in [-0.4, -0.2) is 17.8 Å². The molecular formula is C39H22F6S8. The van der Waals surface area contributed by atoms with Crippen LogP contribution >= 0.6 is 90.7 Å². The molecule has 0 fully saturated rings. The Bertz CT molecular complexity index is 2450. The van der Waals surface area contributed by atoms with Crippen LogP contribution in [0, 0.1) is 13.8 Å².